The van der Waals surface area contributed by atoms with Crippen molar-refractivity contribution in [2.75, 3.05) is 39.6 Å². The molecule has 0 spiro atoms. The van der Waals surface area contributed by atoms with Gasteiger partial charge in [0.15, 0.2) is 0 Å². The molecule has 0 heterocycles. The second-order valence-corrected chi connectivity index (χ2v) is 5.73. The summed E-state index contributed by atoms with van der Waals surface area (Å²) in [5, 5.41) is 18.0. The van der Waals surface area contributed by atoms with Gasteiger partial charge in [0.1, 0.15) is 6.04 Å². The second-order valence-electron chi connectivity index (χ2n) is 4.16. The topological polar surface area (TPSA) is 94.8 Å². The van der Waals surface area contributed by atoms with E-state index in [0.29, 0.717) is 17.4 Å². The lowest BCUT2D eigenvalue weighted by Gasteiger charge is -2.36. The Balaban J connectivity index is 4.14. The van der Waals surface area contributed by atoms with Gasteiger partial charge in [0.05, 0.1) is 39.6 Å². The summed E-state index contributed by atoms with van der Waals surface area (Å²) < 4.78 is 29.8. The van der Waals surface area contributed by atoms with E-state index in [1.54, 1.807) is 14.1 Å². The molecule has 0 atom stereocenters. The van der Waals surface area contributed by atoms with Crippen molar-refractivity contribution < 1.29 is 27.7 Å². The Labute approximate surface area is 90.5 Å². The van der Waals surface area contributed by atoms with Gasteiger partial charge in [0, 0.05) is 6.42 Å². The maximum atomic E-state index is 10.5. The monoisotopic (exact) mass is 242 g/mol. The minimum absolute atomic E-state index is 0.157. The number of quaternary nitrogens is 1. The lowest BCUT2D eigenvalue weighted by Crippen LogP contribution is -2.53. The van der Waals surface area contributed by atoms with Gasteiger partial charge in [-0.2, -0.15) is 8.42 Å². The van der Waals surface area contributed by atoms with Crippen LogP contribution in [0.3, 0.4) is 0 Å². The summed E-state index contributed by atoms with van der Waals surface area (Å²) in [7, 11) is -0.335. The molecule has 0 fully saturated rings. The molecular formula is C8H20NO5S+. The van der Waals surface area contributed by atoms with Crippen LogP contribution in [0.15, 0.2) is 0 Å². The molecule has 15 heavy (non-hydrogen) atoms. The van der Waals surface area contributed by atoms with E-state index in [2.05, 4.69) is 0 Å². The first-order valence-electron chi connectivity index (χ1n) is 4.72. The van der Waals surface area contributed by atoms with Crippen LogP contribution >= 0.6 is 0 Å². The SMILES string of the molecule is C[N+](C)(CCCS(=O)(=O)O)C(CO)CO. The van der Waals surface area contributed by atoms with Crippen LogP contribution in [0.4, 0.5) is 0 Å². The first-order chi connectivity index (χ1) is 6.73. The number of aliphatic hydroxyl groups is 2. The van der Waals surface area contributed by atoms with Crippen molar-refractivity contribution in [1.82, 2.24) is 0 Å². The Morgan fingerprint density at radius 1 is 1.20 bits per heavy atom. The van der Waals surface area contributed by atoms with Crippen LogP contribution in [-0.4, -0.2) is 73.3 Å². The number of aliphatic hydroxyl groups excluding tert-OH is 2. The van der Waals surface area contributed by atoms with Crippen LogP contribution < -0.4 is 0 Å². The molecule has 3 N–H and O–H groups in total. The van der Waals surface area contributed by atoms with Crippen molar-refractivity contribution in [3.8, 4) is 0 Å². The zero-order chi connectivity index (χ0) is 12.1. The first-order valence-corrected chi connectivity index (χ1v) is 6.33. The third kappa shape index (κ3) is 6.06. The molecule has 0 aromatic carbocycles. The highest BCUT2D eigenvalue weighted by atomic mass is 32.2. The molecule has 0 aliphatic carbocycles. The van der Waals surface area contributed by atoms with Crippen molar-refractivity contribution in [1.29, 1.82) is 0 Å². The Morgan fingerprint density at radius 2 is 1.67 bits per heavy atom. The summed E-state index contributed by atoms with van der Waals surface area (Å²) in [6.45, 7) is 0.149. The van der Waals surface area contributed by atoms with E-state index in [-0.39, 0.29) is 25.0 Å². The number of hydrogen-bond donors (Lipinski definition) is 3. The summed E-state index contributed by atoms with van der Waals surface area (Å²) in [5.74, 6) is -0.293. The van der Waals surface area contributed by atoms with Gasteiger partial charge in [-0.1, -0.05) is 0 Å². The Bertz CT molecular complexity index is 271. The van der Waals surface area contributed by atoms with Crippen LogP contribution in [-0.2, 0) is 10.1 Å². The zero-order valence-electron chi connectivity index (χ0n) is 9.13. The van der Waals surface area contributed by atoms with Crippen molar-refractivity contribution in [2.45, 2.75) is 12.5 Å². The van der Waals surface area contributed by atoms with Crippen molar-refractivity contribution in [3.63, 3.8) is 0 Å². The molecule has 92 valence electrons. The summed E-state index contributed by atoms with van der Waals surface area (Å²) in [5.41, 5.74) is 0. The minimum Gasteiger partial charge on any atom is -0.390 e. The van der Waals surface area contributed by atoms with Crippen LogP contribution in [0.5, 0.6) is 0 Å². The van der Waals surface area contributed by atoms with Gasteiger partial charge in [0.2, 0.25) is 0 Å². The third-order valence-corrected chi connectivity index (χ3v) is 3.35. The average molecular weight is 242 g/mol. The minimum atomic E-state index is -3.92. The molecular weight excluding hydrogens is 222 g/mol. The van der Waals surface area contributed by atoms with Gasteiger partial charge in [-0.3, -0.25) is 4.55 Å². The lowest BCUT2D eigenvalue weighted by atomic mass is 10.2. The van der Waals surface area contributed by atoms with Gasteiger partial charge in [0.25, 0.3) is 10.1 Å². The number of rotatable bonds is 7. The molecule has 0 amide bonds. The van der Waals surface area contributed by atoms with Crippen LogP contribution in [0, 0.1) is 0 Å². The third-order valence-electron chi connectivity index (χ3n) is 2.55. The van der Waals surface area contributed by atoms with E-state index in [0.717, 1.165) is 0 Å². The average Bonchev–Trinajstić information content (AvgIpc) is 2.02. The van der Waals surface area contributed by atoms with E-state index in [1.807, 2.05) is 0 Å². The maximum Gasteiger partial charge on any atom is 0.265 e. The second kappa shape index (κ2) is 5.76. The number of likely N-dealkylation sites (N-methyl/N-ethyl adjacent to an activating group) is 1. The molecule has 0 saturated heterocycles. The highest BCUT2D eigenvalue weighted by Crippen LogP contribution is 2.07. The normalized spacial score (nSPS) is 13.5. The maximum absolute atomic E-state index is 10.5. The number of hydrogen-bond acceptors (Lipinski definition) is 4. The van der Waals surface area contributed by atoms with Gasteiger partial charge >= 0.3 is 0 Å². The molecule has 7 heteroatoms. The van der Waals surface area contributed by atoms with Crippen LogP contribution in [0.2, 0.25) is 0 Å². The quantitative estimate of drug-likeness (QED) is 0.381. The molecule has 0 radical (unpaired) electrons. The molecule has 0 aromatic rings. The van der Waals surface area contributed by atoms with Gasteiger partial charge in [-0.05, 0) is 0 Å². The highest BCUT2D eigenvalue weighted by molar-refractivity contribution is 7.85. The van der Waals surface area contributed by atoms with Crippen molar-refractivity contribution in [2.24, 2.45) is 0 Å². The fraction of sp³-hybridized carbons (Fsp3) is 1.00. The smallest absolute Gasteiger partial charge is 0.265 e. The molecule has 0 aliphatic rings. The van der Waals surface area contributed by atoms with E-state index >= 15 is 0 Å². The van der Waals surface area contributed by atoms with Crippen LogP contribution in [0.25, 0.3) is 0 Å². The summed E-state index contributed by atoms with van der Waals surface area (Å²) in [6, 6.07) is -0.327. The van der Waals surface area contributed by atoms with Gasteiger partial charge < -0.3 is 14.7 Å². The van der Waals surface area contributed by atoms with E-state index in [9.17, 15) is 8.42 Å². The first kappa shape index (κ1) is 14.8. The van der Waals surface area contributed by atoms with Crippen LogP contribution in [0.1, 0.15) is 6.42 Å². The Kier molecular flexibility index (Phi) is 5.68. The largest absolute Gasteiger partial charge is 0.390 e. The molecule has 0 unspecified atom stereocenters. The van der Waals surface area contributed by atoms with Crippen molar-refractivity contribution >= 4 is 10.1 Å². The lowest BCUT2D eigenvalue weighted by molar-refractivity contribution is -0.915. The van der Waals surface area contributed by atoms with Gasteiger partial charge in [-0.15, -0.1) is 0 Å². The standard InChI is InChI=1S/C8H19NO5S/c1-9(2,8(6-10)7-11)4-3-5-15(12,13)14/h8,10-11H,3-7H2,1-2H3/p+1. The summed E-state index contributed by atoms with van der Waals surface area (Å²) >= 11 is 0. The molecule has 0 aliphatic heterocycles. The van der Waals surface area contributed by atoms with E-state index < -0.39 is 10.1 Å². The Hall–Kier alpha value is -0.210. The highest BCUT2D eigenvalue weighted by Gasteiger charge is 2.26. The molecule has 0 bridgehead atoms. The Morgan fingerprint density at radius 3 is 2.00 bits per heavy atom. The molecule has 0 saturated carbocycles. The predicted molar refractivity (Wildman–Crippen MR) is 56.0 cm³/mol. The fourth-order valence-corrected chi connectivity index (χ4v) is 1.83. The van der Waals surface area contributed by atoms with Gasteiger partial charge in [-0.25, -0.2) is 0 Å². The van der Waals surface area contributed by atoms with E-state index in [1.165, 1.54) is 0 Å². The molecule has 0 rings (SSSR count). The summed E-state index contributed by atoms with van der Waals surface area (Å²) in [6.07, 6.45) is 0.294. The van der Waals surface area contributed by atoms with Crippen molar-refractivity contribution in [3.05, 3.63) is 0 Å². The molecule has 6 nitrogen and oxygen atoms in total. The molecule has 0 aromatic heterocycles. The fourth-order valence-electron chi connectivity index (χ4n) is 1.34. The number of nitrogens with zero attached hydrogens (tertiary/aromatic N) is 1. The van der Waals surface area contributed by atoms with E-state index in [4.69, 9.17) is 14.8 Å². The summed E-state index contributed by atoms with van der Waals surface area (Å²) in [4.78, 5) is 0. The zero-order valence-corrected chi connectivity index (χ0v) is 9.94. The predicted octanol–water partition coefficient (Wildman–Crippen LogP) is -1.31.